The lowest BCUT2D eigenvalue weighted by Gasteiger charge is -2.33. The van der Waals surface area contributed by atoms with Crippen LogP contribution >= 0.6 is 11.3 Å². The molecule has 208 valence electrons. The Labute approximate surface area is 240 Å². The average molecular weight is 556 g/mol. The monoisotopic (exact) mass is 555 g/mol. The van der Waals surface area contributed by atoms with Crippen LogP contribution in [0.25, 0.3) is 11.3 Å². The van der Waals surface area contributed by atoms with E-state index in [4.69, 9.17) is 4.98 Å². The van der Waals surface area contributed by atoms with E-state index in [-0.39, 0.29) is 11.2 Å². The third-order valence-electron chi connectivity index (χ3n) is 7.19. The van der Waals surface area contributed by atoms with Crippen molar-refractivity contribution in [1.29, 1.82) is 0 Å². The number of aryl methyl sites for hydroxylation is 2. The second kappa shape index (κ2) is 11.8. The van der Waals surface area contributed by atoms with Crippen molar-refractivity contribution in [3.8, 4) is 11.3 Å². The number of rotatable bonds is 8. The summed E-state index contributed by atoms with van der Waals surface area (Å²) in [5, 5.41) is 4.23. The van der Waals surface area contributed by atoms with Crippen molar-refractivity contribution in [2.75, 3.05) is 43.4 Å². The number of nitrogens with one attached hydrogen (secondary N) is 1. The summed E-state index contributed by atoms with van der Waals surface area (Å²) >= 11 is 1.51. The molecule has 1 aliphatic rings. The molecule has 1 aliphatic heterocycles. The highest BCUT2D eigenvalue weighted by Crippen LogP contribution is 2.28. The zero-order valence-corrected chi connectivity index (χ0v) is 24.8. The molecule has 1 fully saturated rings. The Balaban J connectivity index is 1.21. The summed E-state index contributed by atoms with van der Waals surface area (Å²) in [7, 11) is 2.15. The first-order valence-electron chi connectivity index (χ1n) is 13.7. The first-order valence-corrected chi connectivity index (χ1v) is 14.6. The van der Waals surface area contributed by atoms with Crippen LogP contribution in [0.1, 0.15) is 53.0 Å². The zero-order valence-electron chi connectivity index (χ0n) is 23.9. The second-order valence-electron chi connectivity index (χ2n) is 11.4. The number of nitrogens with zero attached hydrogens (tertiary/aromatic N) is 6. The highest BCUT2D eigenvalue weighted by atomic mass is 32.1. The highest BCUT2D eigenvalue weighted by molar-refractivity contribution is 7.13. The van der Waals surface area contributed by atoms with Crippen LogP contribution < -0.4 is 10.2 Å². The van der Waals surface area contributed by atoms with Gasteiger partial charge in [-0.2, -0.15) is 0 Å². The number of pyridine rings is 1. The van der Waals surface area contributed by atoms with Crippen LogP contribution in [-0.4, -0.2) is 63.8 Å². The van der Waals surface area contributed by atoms with Gasteiger partial charge in [0.1, 0.15) is 5.82 Å². The van der Waals surface area contributed by atoms with Gasteiger partial charge in [0, 0.05) is 56.0 Å². The molecule has 0 spiro atoms. The summed E-state index contributed by atoms with van der Waals surface area (Å²) in [6, 6.07) is 12.3. The minimum atomic E-state index is -0.0439. The molecule has 0 unspecified atom stereocenters. The van der Waals surface area contributed by atoms with Gasteiger partial charge in [-0.05, 0) is 55.8 Å². The average Bonchev–Trinajstić information content (AvgIpc) is 3.45. The summed E-state index contributed by atoms with van der Waals surface area (Å²) in [6.45, 7) is 12.6. The third-order valence-corrected chi connectivity index (χ3v) is 8.66. The van der Waals surface area contributed by atoms with E-state index < -0.39 is 0 Å². The quantitative estimate of drug-likeness (QED) is 0.269. The lowest BCUT2D eigenvalue weighted by Crippen LogP contribution is -2.44. The van der Waals surface area contributed by atoms with E-state index in [9.17, 15) is 4.79 Å². The van der Waals surface area contributed by atoms with Crippen LogP contribution in [0.15, 0.2) is 55.0 Å². The molecule has 4 heterocycles. The van der Waals surface area contributed by atoms with E-state index in [1.807, 2.05) is 18.3 Å². The number of carbonyl (C=O) groups is 1. The maximum absolute atomic E-state index is 12.8. The number of hydrogen-bond donors (Lipinski definition) is 1. The Hall–Kier alpha value is -3.69. The van der Waals surface area contributed by atoms with Gasteiger partial charge in [-0.15, -0.1) is 11.3 Å². The first-order chi connectivity index (χ1) is 19.2. The number of thiazole rings is 1. The lowest BCUT2D eigenvalue weighted by molar-refractivity contribution is 0.0986. The van der Waals surface area contributed by atoms with Gasteiger partial charge in [0.15, 0.2) is 5.78 Å². The van der Waals surface area contributed by atoms with Gasteiger partial charge in [0.25, 0.3) is 0 Å². The number of carbonyl (C=O) groups excluding carboxylic acids is 1. The van der Waals surface area contributed by atoms with E-state index in [2.05, 4.69) is 89.1 Å². The topological polar surface area (TPSA) is 87.1 Å². The van der Waals surface area contributed by atoms with E-state index in [1.165, 1.54) is 11.3 Å². The third kappa shape index (κ3) is 6.71. The first kappa shape index (κ1) is 27.9. The van der Waals surface area contributed by atoms with Gasteiger partial charge in [0.2, 0.25) is 5.95 Å². The normalized spacial score (nSPS) is 14.4. The molecule has 1 N–H and O–H groups in total. The van der Waals surface area contributed by atoms with Gasteiger partial charge in [-0.3, -0.25) is 4.79 Å². The predicted octanol–water partition coefficient (Wildman–Crippen LogP) is 5.91. The van der Waals surface area contributed by atoms with Crippen molar-refractivity contribution >= 4 is 34.6 Å². The predicted molar refractivity (Wildman–Crippen MR) is 163 cm³/mol. The largest absolute Gasteiger partial charge is 0.368 e. The summed E-state index contributed by atoms with van der Waals surface area (Å²) in [6.07, 6.45) is 6.55. The van der Waals surface area contributed by atoms with E-state index in [0.29, 0.717) is 24.6 Å². The zero-order chi connectivity index (χ0) is 28.3. The van der Waals surface area contributed by atoms with Gasteiger partial charge < -0.3 is 15.1 Å². The second-order valence-corrected chi connectivity index (χ2v) is 12.5. The van der Waals surface area contributed by atoms with Crippen molar-refractivity contribution in [2.45, 2.75) is 46.0 Å². The van der Waals surface area contributed by atoms with E-state index in [1.54, 1.807) is 12.4 Å². The summed E-state index contributed by atoms with van der Waals surface area (Å²) in [5.74, 6) is 1.36. The Morgan fingerprint density at radius 3 is 2.48 bits per heavy atom. The van der Waals surface area contributed by atoms with E-state index in [0.717, 1.165) is 64.1 Å². The number of aromatic nitrogens is 4. The summed E-state index contributed by atoms with van der Waals surface area (Å²) in [5.41, 5.74) is 5.23. The smallest absolute Gasteiger partial charge is 0.228 e. The Bertz CT molecular complexity index is 1470. The Kier molecular flexibility index (Phi) is 8.23. The molecule has 0 radical (unpaired) electrons. The molecule has 0 amide bonds. The number of Topliss-reactive ketones (excluding diaryl/α,β-unsaturated/α-hetero) is 1. The van der Waals surface area contributed by atoms with Crippen LogP contribution in [0.4, 0.5) is 17.5 Å². The van der Waals surface area contributed by atoms with Gasteiger partial charge in [0.05, 0.1) is 27.5 Å². The van der Waals surface area contributed by atoms with Gasteiger partial charge in [-0.25, -0.2) is 19.9 Å². The van der Waals surface area contributed by atoms with Crippen LogP contribution in [0.5, 0.6) is 0 Å². The Morgan fingerprint density at radius 1 is 1.00 bits per heavy atom. The van der Waals surface area contributed by atoms with Crippen molar-refractivity contribution in [1.82, 2.24) is 24.8 Å². The summed E-state index contributed by atoms with van der Waals surface area (Å²) in [4.78, 5) is 36.4. The molecular weight excluding hydrogens is 518 g/mol. The molecule has 0 atom stereocenters. The van der Waals surface area contributed by atoms with Gasteiger partial charge >= 0.3 is 0 Å². The summed E-state index contributed by atoms with van der Waals surface area (Å²) < 4.78 is 0. The molecule has 0 saturated carbocycles. The lowest BCUT2D eigenvalue weighted by atomic mass is 9.98. The van der Waals surface area contributed by atoms with Crippen molar-refractivity contribution in [3.05, 3.63) is 76.0 Å². The minimum absolute atomic E-state index is 0.0439. The highest BCUT2D eigenvalue weighted by Gasteiger charge is 2.20. The molecule has 1 saturated heterocycles. The molecule has 9 heteroatoms. The number of hydrogen-bond acceptors (Lipinski definition) is 9. The van der Waals surface area contributed by atoms with Crippen molar-refractivity contribution < 1.29 is 4.79 Å². The maximum Gasteiger partial charge on any atom is 0.228 e. The molecule has 8 nitrogen and oxygen atoms in total. The molecule has 1 aromatic carbocycles. The standard InChI is InChI=1S/C31H37N7OS/c1-21-18-23(7-6-22(21)8-10-26(39)27-20-34-29(40-27)31(2,3)4)25-12-13-32-30(35-25)36-28-11-9-24(19-33-28)38-16-14-37(5)15-17-38/h6-7,9,11-13,18-20H,8,10,14-17H2,1-5H3,(H,32,33,35,36). The van der Waals surface area contributed by atoms with Crippen LogP contribution in [0.3, 0.4) is 0 Å². The van der Waals surface area contributed by atoms with Crippen LogP contribution in [0.2, 0.25) is 0 Å². The fourth-order valence-electron chi connectivity index (χ4n) is 4.66. The SMILES string of the molecule is Cc1cc(-c2ccnc(Nc3ccc(N4CCN(C)CC4)cn3)n2)ccc1CCC(=O)c1cnc(C(C)(C)C)s1. The maximum atomic E-state index is 12.8. The molecule has 0 aliphatic carbocycles. The van der Waals surface area contributed by atoms with Crippen LogP contribution in [-0.2, 0) is 11.8 Å². The molecule has 0 bridgehead atoms. The fourth-order valence-corrected chi connectivity index (χ4v) is 5.60. The molecule has 40 heavy (non-hydrogen) atoms. The van der Waals surface area contributed by atoms with Crippen LogP contribution in [0, 0.1) is 6.92 Å². The molecular formula is C31H37N7OS. The van der Waals surface area contributed by atoms with Crippen molar-refractivity contribution in [2.24, 2.45) is 0 Å². The fraction of sp³-hybridized carbons (Fsp3) is 0.387. The minimum Gasteiger partial charge on any atom is -0.368 e. The van der Waals surface area contributed by atoms with E-state index >= 15 is 0 Å². The number of benzene rings is 1. The molecule has 5 rings (SSSR count). The number of ketones is 1. The van der Waals surface area contributed by atoms with Gasteiger partial charge in [-0.1, -0.05) is 32.9 Å². The van der Waals surface area contributed by atoms with Crippen molar-refractivity contribution in [3.63, 3.8) is 0 Å². The number of piperazine rings is 1. The molecule has 4 aromatic rings. The number of likely N-dealkylation sites (N-methyl/N-ethyl adjacent to an activating group) is 1. The number of anilines is 3. The Morgan fingerprint density at radius 2 is 1.80 bits per heavy atom. The molecule has 3 aromatic heterocycles.